The largest absolute Gasteiger partial charge is 0.481 e. The van der Waals surface area contributed by atoms with Crippen molar-refractivity contribution in [3.8, 4) is 0 Å². The molecule has 1 amide bonds. The second kappa shape index (κ2) is 1.49. The van der Waals surface area contributed by atoms with E-state index in [-0.39, 0.29) is 5.91 Å². The molecule has 0 spiro atoms. The predicted molar refractivity (Wildman–Crippen MR) is 45.1 cm³/mol. The van der Waals surface area contributed by atoms with Crippen molar-refractivity contribution >= 4 is 11.9 Å². The van der Waals surface area contributed by atoms with Crippen molar-refractivity contribution in [1.29, 1.82) is 0 Å². The van der Waals surface area contributed by atoms with Gasteiger partial charge in [-0.3, -0.25) is 9.59 Å². The molecule has 4 heteroatoms. The third kappa shape index (κ3) is 0.322. The summed E-state index contributed by atoms with van der Waals surface area (Å²) in [4.78, 5) is 23.0. The van der Waals surface area contributed by atoms with Crippen molar-refractivity contribution in [3.05, 3.63) is 0 Å². The Morgan fingerprint density at radius 2 is 1.86 bits per heavy atom. The summed E-state index contributed by atoms with van der Waals surface area (Å²) in [6.07, 6.45) is 0.981. The molecule has 5 rings (SSSR count). The van der Waals surface area contributed by atoms with Gasteiger partial charge < -0.3 is 10.4 Å². The van der Waals surface area contributed by atoms with Crippen LogP contribution >= 0.6 is 0 Å². The summed E-state index contributed by atoms with van der Waals surface area (Å²) in [6.45, 7) is 0. The first-order valence-corrected chi connectivity index (χ1v) is 5.10. The van der Waals surface area contributed by atoms with E-state index in [1.807, 2.05) is 0 Å². The molecule has 0 saturated heterocycles. The molecule has 0 aliphatic heterocycles. The molecule has 0 heterocycles. The number of amides is 1. The Hall–Kier alpha value is -1.06. The van der Waals surface area contributed by atoms with E-state index in [1.54, 1.807) is 7.05 Å². The Bertz CT molecular complexity index is 394. The van der Waals surface area contributed by atoms with E-state index < -0.39 is 16.8 Å². The predicted octanol–water partition coefficient (Wildman–Crippen LogP) is -0.301. The number of nitrogens with one attached hydrogen (secondary N) is 1. The van der Waals surface area contributed by atoms with E-state index in [0.29, 0.717) is 23.7 Å². The smallest absolute Gasteiger partial charge is 0.311 e. The molecule has 4 nitrogen and oxygen atoms in total. The Morgan fingerprint density at radius 1 is 1.29 bits per heavy atom. The lowest BCUT2D eigenvalue weighted by molar-refractivity contribution is -0.156. The van der Waals surface area contributed by atoms with Gasteiger partial charge in [-0.05, 0) is 30.1 Å². The second-order valence-electron chi connectivity index (χ2n) is 5.12. The van der Waals surface area contributed by atoms with Crippen LogP contribution in [0.15, 0.2) is 0 Å². The van der Waals surface area contributed by atoms with Crippen LogP contribution < -0.4 is 5.32 Å². The molecule has 2 N–H and O–H groups in total. The second-order valence-corrected chi connectivity index (χ2v) is 5.12. The Kier molecular flexibility index (Phi) is 0.774. The number of carboxylic acid groups (broad SMARTS) is 1. The summed E-state index contributed by atoms with van der Waals surface area (Å²) in [7, 11) is 1.61. The first-order valence-electron chi connectivity index (χ1n) is 5.10. The summed E-state index contributed by atoms with van der Waals surface area (Å²) < 4.78 is 0. The van der Waals surface area contributed by atoms with Gasteiger partial charge in [-0.25, -0.2) is 0 Å². The SMILES string of the molecule is CNC(=O)C12C3CC4C(C31)C42C(=O)O. The van der Waals surface area contributed by atoms with Gasteiger partial charge in [0.25, 0.3) is 0 Å². The maximum atomic E-state index is 11.8. The number of aliphatic carboxylic acids is 1. The Labute approximate surface area is 80.7 Å². The van der Waals surface area contributed by atoms with Crippen LogP contribution in [0.5, 0.6) is 0 Å². The lowest BCUT2D eigenvalue weighted by Gasteiger charge is -2.31. The van der Waals surface area contributed by atoms with Gasteiger partial charge in [0.05, 0.1) is 10.8 Å². The number of carbonyl (C=O) groups is 2. The number of carbonyl (C=O) groups excluding carboxylic acids is 1. The molecule has 0 radical (unpaired) electrons. The number of hydrogen-bond acceptors (Lipinski definition) is 2. The van der Waals surface area contributed by atoms with Gasteiger partial charge in [-0.2, -0.15) is 0 Å². The average Bonchev–Trinajstić information content (AvgIpc) is 2.77. The molecule has 2 bridgehead atoms. The summed E-state index contributed by atoms with van der Waals surface area (Å²) >= 11 is 0. The van der Waals surface area contributed by atoms with Gasteiger partial charge in [-0.1, -0.05) is 0 Å². The zero-order valence-corrected chi connectivity index (χ0v) is 7.78. The fourth-order valence-corrected chi connectivity index (χ4v) is 5.25. The highest BCUT2D eigenvalue weighted by atomic mass is 16.4. The first kappa shape index (κ1) is 7.26. The molecule has 6 unspecified atom stereocenters. The average molecular weight is 193 g/mol. The highest BCUT2D eigenvalue weighted by Crippen LogP contribution is 3.04. The van der Waals surface area contributed by atoms with Gasteiger partial charge in [0.2, 0.25) is 5.91 Å². The van der Waals surface area contributed by atoms with Gasteiger partial charge in [0.15, 0.2) is 0 Å². The molecule has 14 heavy (non-hydrogen) atoms. The topological polar surface area (TPSA) is 66.4 Å². The molecule has 5 aliphatic carbocycles. The van der Waals surface area contributed by atoms with Crippen LogP contribution in [0, 0.1) is 34.5 Å². The minimum atomic E-state index is -0.729. The fraction of sp³-hybridized carbons (Fsp3) is 0.800. The molecular formula is C10H11NO3. The Morgan fingerprint density at radius 3 is 2.29 bits per heavy atom. The quantitative estimate of drug-likeness (QED) is 0.632. The monoisotopic (exact) mass is 193 g/mol. The fourth-order valence-electron chi connectivity index (χ4n) is 5.25. The highest BCUT2D eigenvalue weighted by Gasteiger charge is 3.09. The number of hydrogen-bond donors (Lipinski definition) is 2. The van der Waals surface area contributed by atoms with E-state index in [9.17, 15) is 14.7 Å². The third-order valence-corrected chi connectivity index (χ3v) is 5.41. The van der Waals surface area contributed by atoms with Crippen molar-refractivity contribution in [2.24, 2.45) is 34.5 Å². The summed E-state index contributed by atoms with van der Waals surface area (Å²) in [5, 5.41) is 11.9. The summed E-state index contributed by atoms with van der Waals surface area (Å²) in [5.74, 6) is 0.741. The van der Waals surface area contributed by atoms with Crippen molar-refractivity contribution < 1.29 is 14.7 Å². The van der Waals surface area contributed by atoms with Crippen LogP contribution in [-0.2, 0) is 9.59 Å². The molecular weight excluding hydrogens is 182 g/mol. The normalized spacial score (nSPS) is 63.8. The minimum absolute atomic E-state index is 0.0221. The minimum Gasteiger partial charge on any atom is -0.481 e. The van der Waals surface area contributed by atoms with Gasteiger partial charge in [-0.15, -0.1) is 0 Å². The van der Waals surface area contributed by atoms with E-state index in [0.717, 1.165) is 6.42 Å². The lowest BCUT2D eigenvalue weighted by atomic mass is 9.71. The molecule has 0 aromatic rings. The third-order valence-electron chi connectivity index (χ3n) is 5.41. The van der Waals surface area contributed by atoms with Crippen LogP contribution in [0.2, 0.25) is 0 Å². The van der Waals surface area contributed by atoms with Gasteiger partial charge >= 0.3 is 5.97 Å². The van der Waals surface area contributed by atoms with Gasteiger partial charge in [0.1, 0.15) is 0 Å². The van der Waals surface area contributed by atoms with Crippen molar-refractivity contribution in [2.45, 2.75) is 6.42 Å². The molecule has 5 saturated carbocycles. The lowest BCUT2D eigenvalue weighted by Crippen LogP contribution is -2.47. The van der Waals surface area contributed by atoms with Crippen LogP contribution in [0.1, 0.15) is 6.42 Å². The first-order chi connectivity index (χ1) is 6.65. The molecule has 0 aromatic carbocycles. The molecule has 5 aliphatic rings. The molecule has 6 atom stereocenters. The van der Waals surface area contributed by atoms with Crippen molar-refractivity contribution in [3.63, 3.8) is 0 Å². The highest BCUT2D eigenvalue weighted by molar-refractivity contribution is 6.02. The number of rotatable bonds is 2. The van der Waals surface area contributed by atoms with Crippen LogP contribution in [0.4, 0.5) is 0 Å². The number of carboxylic acids is 1. The maximum Gasteiger partial charge on any atom is 0.311 e. The zero-order valence-electron chi connectivity index (χ0n) is 7.78. The van der Waals surface area contributed by atoms with E-state index >= 15 is 0 Å². The van der Waals surface area contributed by atoms with Crippen LogP contribution in [0.3, 0.4) is 0 Å². The maximum absolute atomic E-state index is 11.8. The molecule has 5 fully saturated rings. The van der Waals surface area contributed by atoms with E-state index in [4.69, 9.17) is 0 Å². The summed E-state index contributed by atoms with van der Waals surface area (Å²) in [6, 6.07) is 0. The Balaban J connectivity index is 1.86. The van der Waals surface area contributed by atoms with Gasteiger partial charge in [0, 0.05) is 7.05 Å². The van der Waals surface area contributed by atoms with E-state index in [1.165, 1.54) is 0 Å². The molecule has 0 aromatic heterocycles. The van der Waals surface area contributed by atoms with Crippen LogP contribution in [-0.4, -0.2) is 24.0 Å². The zero-order chi connectivity index (χ0) is 9.88. The van der Waals surface area contributed by atoms with Crippen molar-refractivity contribution in [1.82, 2.24) is 5.32 Å². The van der Waals surface area contributed by atoms with Crippen LogP contribution in [0.25, 0.3) is 0 Å². The van der Waals surface area contributed by atoms with E-state index in [2.05, 4.69) is 5.32 Å². The molecule has 74 valence electrons. The summed E-state index contributed by atoms with van der Waals surface area (Å²) in [5.41, 5.74) is -1.09. The standard InChI is InChI=1S/C10H11NO3/c1-11-7(12)9-3-2-4-6(5(3)9)10(4,9)8(13)14/h3-6H,2H2,1H3,(H,11,12)(H,13,14). The van der Waals surface area contributed by atoms with Crippen molar-refractivity contribution in [2.75, 3.05) is 7.05 Å².